The van der Waals surface area contributed by atoms with E-state index in [4.69, 9.17) is 23.8 Å². The number of hydrogen-bond acceptors (Lipinski definition) is 4. The fraction of sp³-hybridized carbons (Fsp3) is 0.250. The summed E-state index contributed by atoms with van der Waals surface area (Å²) in [5.74, 6) is -0.274. The van der Waals surface area contributed by atoms with Crippen LogP contribution in [0.25, 0.3) is 10.9 Å². The number of carbonyl (C=O) groups excluding carboxylic acids is 1. The first-order chi connectivity index (χ1) is 13.4. The summed E-state index contributed by atoms with van der Waals surface area (Å²) < 4.78 is 1.67. The van der Waals surface area contributed by atoms with Gasteiger partial charge in [0.25, 0.3) is 11.5 Å². The number of aromatic amines is 1. The van der Waals surface area contributed by atoms with Crippen molar-refractivity contribution < 1.29 is 4.79 Å². The topological polar surface area (TPSA) is 70.1 Å². The SMILES string of the molecule is Cn1c(=S)[nH]c2cc(C(=O)Nc3cc(Cl)ccc3N3CCCC3)ccc2c1=O. The molecule has 4 rings (SSSR count). The van der Waals surface area contributed by atoms with Crippen molar-refractivity contribution in [3.05, 3.63) is 62.1 Å². The third-order valence-corrected chi connectivity index (χ3v) is 5.63. The van der Waals surface area contributed by atoms with Crippen LogP contribution in [-0.4, -0.2) is 28.5 Å². The monoisotopic (exact) mass is 414 g/mol. The number of nitrogens with zero attached hydrogens (tertiary/aromatic N) is 2. The molecule has 6 nitrogen and oxygen atoms in total. The van der Waals surface area contributed by atoms with E-state index in [-0.39, 0.29) is 11.5 Å². The van der Waals surface area contributed by atoms with Crippen LogP contribution in [0, 0.1) is 4.77 Å². The van der Waals surface area contributed by atoms with Crippen molar-refractivity contribution in [2.45, 2.75) is 12.8 Å². The molecule has 3 aromatic rings. The van der Waals surface area contributed by atoms with Crippen LogP contribution in [0.4, 0.5) is 11.4 Å². The van der Waals surface area contributed by atoms with Gasteiger partial charge in [0.05, 0.1) is 22.3 Å². The highest BCUT2D eigenvalue weighted by Crippen LogP contribution is 2.32. The summed E-state index contributed by atoms with van der Waals surface area (Å²) in [4.78, 5) is 30.4. The lowest BCUT2D eigenvalue weighted by atomic mass is 10.1. The molecule has 0 unspecified atom stereocenters. The second-order valence-corrected chi connectivity index (χ2v) is 7.69. The Kier molecular flexibility index (Phi) is 4.95. The van der Waals surface area contributed by atoms with E-state index in [0.29, 0.717) is 31.9 Å². The van der Waals surface area contributed by atoms with Gasteiger partial charge < -0.3 is 15.2 Å². The summed E-state index contributed by atoms with van der Waals surface area (Å²) in [7, 11) is 1.61. The number of H-pyrrole nitrogens is 1. The molecule has 0 aliphatic carbocycles. The van der Waals surface area contributed by atoms with Crippen molar-refractivity contribution >= 4 is 52.0 Å². The van der Waals surface area contributed by atoms with Gasteiger partial charge in [-0.15, -0.1) is 0 Å². The minimum absolute atomic E-state index is 0.197. The highest BCUT2D eigenvalue weighted by molar-refractivity contribution is 7.71. The maximum Gasteiger partial charge on any atom is 0.261 e. The summed E-state index contributed by atoms with van der Waals surface area (Å²) in [5, 5.41) is 4.00. The first kappa shape index (κ1) is 18.7. The molecule has 1 aliphatic rings. The third kappa shape index (κ3) is 3.43. The van der Waals surface area contributed by atoms with Crippen LogP contribution in [-0.2, 0) is 7.05 Å². The number of carbonyl (C=O) groups is 1. The van der Waals surface area contributed by atoms with Gasteiger partial charge in [-0.05, 0) is 61.5 Å². The Bertz CT molecular complexity index is 1200. The summed E-state index contributed by atoms with van der Waals surface area (Å²) >= 11 is 11.3. The number of benzene rings is 2. The zero-order valence-corrected chi connectivity index (χ0v) is 16.9. The minimum Gasteiger partial charge on any atom is -0.370 e. The Morgan fingerprint density at radius 3 is 2.68 bits per heavy atom. The molecule has 144 valence electrons. The van der Waals surface area contributed by atoms with E-state index in [1.54, 1.807) is 31.3 Å². The summed E-state index contributed by atoms with van der Waals surface area (Å²) in [6, 6.07) is 10.4. The molecule has 2 aromatic carbocycles. The smallest absolute Gasteiger partial charge is 0.261 e. The highest BCUT2D eigenvalue weighted by Gasteiger charge is 2.18. The molecule has 0 atom stereocenters. The molecule has 2 N–H and O–H groups in total. The molecular formula is C20H19ClN4O2S. The normalized spacial score (nSPS) is 13.9. The molecule has 2 heterocycles. The van der Waals surface area contributed by atoms with Crippen LogP contribution in [0.5, 0.6) is 0 Å². The van der Waals surface area contributed by atoms with Gasteiger partial charge in [0.1, 0.15) is 0 Å². The molecule has 1 fully saturated rings. The van der Waals surface area contributed by atoms with Gasteiger partial charge in [-0.2, -0.15) is 0 Å². The molecule has 0 bridgehead atoms. The first-order valence-corrected chi connectivity index (χ1v) is 9.81. The average Bonchev–Trinajstić information content (AvgIpc) is 3.20. The Morgan fingerprint density at radius 1 is 1.18 bits per heavy atom. The number of anilines is 2. The molecule has 8 heteroatoms. The summed E-state index contributed by atoms with van der Waals surface area (Å²) in [6.45, 7) is 1.92. The van der Waals surface area contributed by atoms with Crippen LogP contribution in [0.1, 0.15) is 23.2 Å². The fourth-order valence-electron chi connectivity index (χ4n) is 3.48. The van der Waals surface area contributed by atoms with Crippen molar-refractivity contribution in [3.63, 3.8) is 0 Å². The number of rotatable bonds is 3. The van der Waals surface area contributed by atoms with Crippen LogP contribution < -0.4 is 15.8 Å². The number of amides is 1. The second kappa shape index (κ2) is 7.41. The third-order valence-electron chi connectivity index (χ3n) is 5.02. The number of fused-ring (bicyclic) bond motifs is 1. The fourth-order valence-corrected chi connectivity index (χ4v) is 3.85. The first-order valence-electron chi connectivity index (χ1n) is 9.03. The molecule has 0 spiro atoms. The number of nitrogens with one attached hydrogen (secondary N) is 2. The van der Waals surface area contributed by atoms with Crippen molar-refractivity contribution in [2.75, 3.05) is 23.3 Å². The van der Waals surface area contributed by atoms with Crippen LogP contribution in [0.3, 0.4) is 0 Å². The number of aromatic nitrogens is 2. The summed E-state index contributed by atoms with van der Waals surface area (Å²) in [6.07, 6.45) is 2.27. The van der Waals surface area contributed by atoms with Crippen molar-refractivity contribution in [3.8, 4) is 0 Å². The quantitative estimate of drug-likeness (QED) is 0.633. The minimum atomic E-state index is -0.274. The maximum absolute atomic E-state index is 12.9. The molecule has 28 heavy (non-hydrogen) atoms. The average molecular weight is 415 g/mol. The zero-order chi connectivity index (χ0) is 19.8. The lowest BCUT2D eigenvalue weighted by Gasteiger charge is -2.22. The van der Waals surface area contributed by atoms with Crippen LogP contribution >= 0.6 is 23.8 Å². The van der Waals surface area contributed by atoms with Gasteiger partial charge in [0, 0.05) is 30.7 Å². The van der Waals surface area contributed by atoms with Crippen molar-refractivity contribution in [2.24, 2.45) is 7.05 Å². The molecule has 1 aliphatic heterocycles. The Morgan fingerprint density at radius 2 is 1.93 bits per heavy atom. The van der Waals surface area contributed by atoms with E-state index >= 15 is 0 Å². The van der Waals surface area contributed by atoms with E-state index in [2.05, 4.69) is 15.2 Å². The Balaban J connectivity index is 1.69. The lowest BCUT2D eigenvalue weighted by Crippen LogP contribution is -2.21. The van der Waals surface area contributed by atoms with E-state index < -0.39 is 0 Å². The largest absolute Gasteiger partial charge is 0.370 e. The van der Waals surface area contributed by atoms with Gasteiger partial charge in [-0.3, -0.25) is 14.2 Å². The van der Waals surface area contributed by atoms with E-state index in [0.717, 1.165) is 31.6 Å². The molecule has 1 amide bonds. The highest BCUT2D eigenvalue weighted by atomic mass is 35.5. The predicted molar refractivity (Wildman–Crippen MR) is 115 cm³/mol. The van der Waals surface area contributed by atoms with Gasteiger partial charge in [0.2, 0.25) is 0 Å². The maximum atomic E-state index is 12.9. The van der Waals surface area contributed by atoms with Gasteiger partial charge in [0.15, 0.2) is 4.77 Å². The van der Waals surface area contributed by atoms with Crippen molar-refractivity contribution in [1.82, 2.24) is 9.55 Å². The van der Waals surface area contributed by atoms with E-state index in [1.807, 2.05) is 12.1 Å². The second-order valence-electron chi connectivity index (χ2n) is 6.86. The lowest BCUT2D eigenvalue weighted by molar-refractivity contribution is 0.102. The van der Waals surface area contributed by atoms with Crippen LogP contribution in [0.15, 0.2) is 41.2 Å². The zero-order valence-electron chi connectivity index (χ0n) is 15.3. The Labute approximate surface area is 171 Å². The number of halogens is 1. The van der Waals surface area contributed by atoms with E-state index in [9.17, 15) is 9.59 Å². The molecule has 1 saturated heterocycles. The van der Waals surface area contributed by atoms with Gasteiger partial charge in [-0.25, -0.2) is 0 Å². The van der Waals surface area contributed by atoms with Crippen molar-refractivity contribution in [1.29, 1.82) is 0 Å². The standard InChI is InChI=1S/C20H19ClN4O2S/c1-24-19(27)14-6-4-12(10-15(14)23-20(24)28)18(26)22-16-11-13(21)5-7-17(16)25-8-2-3-9-25/h4-7,10-11H,2-3,8-9H2,1H3,(H,22,26)(H,23,28). The van der Waals surface area contributed by atoms with Crippen LogP contribution in [0.2, 0.25) is 5.02 Å². The van der Waals surface area contributed by atoms with Gasteiger partial charge >= 0.3 is 0 Å². The Hall–Kier alpha value is -2.64. The molecule has 0 saturated carbocycles. The molecule has 1 aromatic heterocycles. The summed E-state index contributed by atoms with van der Waals surface area (Å²) in [5.41, 5.74) is 2.41. The van der Waals surface area contributed by atoms with E-state index in [1.165, 1.54) is 4.57 Å². The molecule has 0 radical (unpaired) electrons. The number of hydrogen-bond donors (Lipinski definition) is 2. The predicted octanol–water partition coefficient (Wildman–Crippen LogP) is 4.10. The van der Waals surface area contributed by atoms with Gasteiger partial charge in [-0.1, -0.05) is 11.6 Å². The molecular weight excluding hydrogens is 396 g/mol.